The highest BCUT2D eigenvalue weighted by atomic mass is 79.9. The van der Waals surface area contributed by atoms with E-state index in [1.807, 2.05) is 62.4 Å². The summed E-state index contributed by atoms with van der Waals surface area (Å²) in [6, 6.07) is 16.6. The summed E-state index contributed by atoms with van der Waals surface area (Å²) in [6.07, 6.45) is 0. The Kier molecular flexibility index (Phi) is 5.07. The van der Waals surface area contributed by atoms with Gasteiger partial charge in [-0.25, -0.2) is 0 Å². The van der Waals surface area contributed by atoms with Gasteiger partial charge in [0.1, 0.15) is 5.75 Å². The average Bonchev–Trinajstić information content (AvgIpc) is 2.47. The van der Waals surface area contributed by atoms with E-state index in [0.29, 0.717) is 10.8 Å². The van der Waals surface area contributed by atoms with E-state index >= 15 is 0 Å². The van der Waals surface area contributed by atoms with Crippen molar-refractivity contribution in [2.24, 2.45) is 0 Å². The van der Waals surface area contributed by atoms with Crippen molar-refractivity contribution in [2.75, 3.05) is 0 Å². The van der Waals surface area contributed by atoms with Crippen molar-refractivity contribution in [3.63, 3.8) is 0 Å². The first-order chi connectivity index (χ1) is 9.91. The number of ether oxygens (including phenoxy) is 1. The van der Waals surface area contributed by atoms with E-state index < -0.39 is 10.4 Å². The number of carbonyl (C=O) groups is 1. The van der Waals surface area contributed by atoms with E-state index in [4.69, 9.17) is 16.3 Å². The van der Waals surface area contributed by atoms with Gasteiger partial charge in [-0.3, -0.25) is 4.79 Å². The fraction of sp³-hybridized carbons (Fsp3) is 0.235. The van der Waals surface area contributed by atoms with E-state index in [2.05, 4.69) is 15.9 Å². The predicted octanol–water partition coefficient (Wildman–Crippen LogP) is 4.99. The van der Waals surface area contributed by atoms with Crippen LogP contribution in [0.1, 0.15) is 19.4 Å². The Bertz CT molecular complexity index is 626. The van der Waals surface area contributed by atoms with Crippen LogP contribution in [0.2, 0.25) is 5.02 Å². The molecule has 2 aromatic carbocycles. The Morgan fingerprint density at radius 2 is 1.81 bits per heavy atom. The molecular weight excluding hydrogens is 352 g/mol. The van der Waals surface area contributed by atoms with E-state index in [-0.39, 0.29) is 5.78 Å². The molecule has 1 unspecified atom stereocenters. The number of rotatable bonds is 5. The highest BCUT2D eigenvalue weighted by Crippen LogP contribution is 2.30. The predicted molar refractivity (Wildman–Crippen MR) is 89.3 cm³/mol. The van der Waals surface area contributed by atoms with Crippen LogP contribution in [-0.4, -0.2) is 10.8 Å². The third-order valence-corrected chi connectivity index (χ3v) is 4.19. The Hall–Kier alpha value is -1.32. The third-order valence-electron chi connectivity index (χ3n) is 3.35. The molecule has 2 aromatic rings. The van der Waals surface area contributed by atoms with Crippen LogP contribution < -0.4 is 4.74 Å². The van der Waals surface area contributed by atoms with Crippen LogP contribution in [-0.2, 0) is 10.2 Å². The maximum atomic E-state index is 12.7. The van der Waals surface area contributed by atoms with Crippen molar-refractivity contribution in [1.29, 1.82) is 0 Å². The lowest BCUT2D eigenvalue weighted by molar-refractivity contribution is -0.126. The summed E-state index contributed by atoms with van der Waals surface area (Å²) in [6.45, 7) is 3.73. The molecule has 0 heterocycles. The van der Waals surface area contributed by atoms with Crippen molar-refractivity contribution in [2.45, 2.75) is 24.3 Å². The van der Waals surface area contributed by atoms with Crippen molar-refractivity contribution < 1.29 is 9.53 Å². The van der Waals surface area contributed by atoms with Gasteiger partial charge in [0.2, 0.25) is 5.01 Å². The standard InChI is InChI=1S/C17H16BrClO2/c1-17(2,12-7-6-8-13(19)11-12)15(20)16(18)21-14-9-4-3-5-10-14/h3-11,16H,1-2H3. The van der Waals surface area contributed by atoms with Crippen LogP contribution in [0.25, 0.3) is 0 Å². The lowest BCUT2D eigenvalue weighted by Crippen LogP contribution is -2.37. The van der Waals surface area contributed by atoms with E-state index in [1.54, 1.807) is 6.07 Å². The number of Topliss-reactive ketones (excluding diaryl/α,β-unsaturated/α-hetero) is 1. The number of para-hydroxylation sites is 1. The molecule has 2 nitrogen and oxygen atoms in total. The lowest BCUT2D eigenvalue weighted by atomic mass is 9.81. The molecular formula is C17H16BrClO2. The normalized spacial score (nSPS) is 12.8. The molecule has 1 atom stereocenters. The Morgan fingerprint density at radius 3 is 2.43 bits per heavy atom. The van der Waals surface area contributed by atoms with E-state index in [0.717, 1.165) is 5.56 Å². The number of ketones is 1. The Morgan fingerprint density at radius 1 is 1.14 bits per heavy atom. The van der Waals surface area contributed by atoms with Gasteiger partial charge in [-0.15, -0.1) is 0 Å². The second-order valence-corrected chi connectivity index (χ2v) is 6.51. The molecule has 0 saturated heterocycles. The zero-order valence-corrected chi connectivity index (χ0v) is 14.2. The molecule has 21 heavy (non-hydrogen) atoms. The summed E-state index contributed by atoms with van der Waals surface area (Å²) in [4.78, 5) is 12.7. The lowest BCUT2D eigenvalue weighted by Gasteiger charge is -2.26. The van der Waals surface area contributed by atoms with Gasteiger partial charge < -0.3 is 4.74 Å². The molecule has 0 aliphatic rings. The smallest absolute Gasteiger partial charge is 0.211 e. The van der Waals surface area contributed by atoms with Crippen LogP contribution in [0.3, 0.4) is 0 Å². The van der Waals surface area contributed by atoms with Crippen molar-refractivity contribution in [3.05, 3.63) is 65.2 Å². The largest absolute Gasteiger partial charge is 0.471 e. The van der Waals surface area contributed by atoms with E-state index in [1.165, 1.54) is 0 Å². The van der Waals surface area contributed by atoms with Gasteiger partial charge >= 0.3 is 0 Å². The molecule has 0 N–H and O–H groups in total. The second-order valence-electron chi connectivity index (χ2n) is 5.25. The van der Waals surface area contributed by atoms with Gasteiger partial charge in [0.25, 0.3) is 0 Å². The summed E-state index contributed by atoms with van der Waals surface area (Å²) in [5.41, 5.74) is 0.162. The summed E-state index contributed by atoms with van der Waals surface area (Å²) >= 11 is 9.34. The topological polar surface area (TPSA) is 26.3 Å². The number of carbonyl (C=O) groups excluding carboxylic acids is 1. The average molecular weight is 368 g/mol. The van der Waals surface area contributed by atoms with Gasteiger partial charge in [-0.1, -0.05) is 41.9 Å². The maximum absolute atomic E-state index is 12.7. The van der Waals surface area contributed by atoms with Crippen molar-refractivity contribution in [1.82, 2.24) is 0 Å². The molecule has 2 rings (SSSR count). The minimum Gasteiger partial charge on any atom is -0.471 e. The van der Waals surface area contributed by atoms with Crippen LogP contribution in [0.5, 0.6) is 5.75 Å². The second kappa shape index (κ2) is 6.63. The van der Waals surface area contributed by atoms with Crippen LogP contribution in [0.15, 0.2) is 54.6 Å². The summed E-state index contributed by atoms with van der Waals surface area (Å²) < 4.78 is 5.65. The fourth-order valence-corrected chi connectivity index (χ4v) is 2.95. The number of hydrogen-bond acceptors (Lipinski definition) is 2. The minimum atomic E-state index is -0.714. The first-order valence-corrected chi connectivity index (χ1v) is 7.87. The van der Waals surface area contributed by atoms with Crippen molar-refractivity contribution in [3.8, 4) is 5.75 Å². The zero-order valence-electron chi connectivity index (χ0n) is 11.8. The van der Waals surface area contributed by atoms with Gasteiger partial charge in [-0.05, 0) is 59.6 Å². The quantitative estimate of drug-likeness (QED) is 0.696. The van der Waals surface area contributed by atoms with E-state index in [9.17, 15) is 4.79 Å². The molecule has 0 aliphatic heterocycles. The zero-order chi connectivity index (χ0) is 15.5. The molecule has 0 aliphatic carbocycles. The van der Waals surface area contributed by atoms with Crippen LogP contribution >= 0.6 is 27.5 Å². The highest BCUT2D eigenvalue weighted by Gasteiger charge is 2.35. The van der Waals surface area contributed by atoms with Crippen molar-refractivity contribution >= 4 is 33.3 Å². The molecule has 0 spiro atoms. The highest BCUT2D eigenvalue weighted by molar-refractivity contribution is 9.09. The Balaban J connectivity index is 2.17. The summed E-state index contributed by atoms with van der Waals surface area (Å²) in [5.74, 6) is 0.586. The SMILES string of the molecule is CC(C)(C(=O)C(Br)Oc1ccccc1)c1cccc(Cl)c1. The number of hydrogen-bond donors (Lipinski definition) is 0. The Labute approximate surface area is 138 Å². The minimum absolute atomic E-state index is 0.0615. The van der Waals surface area contributed by atoms with Gasteiger partial charge in [0.05, 0.1) is 5.41 Å². The number of halogens is 2. The first kappa shape index (κ1) is 16.1. The van der Waals surface area contributed by atoms with Crippen LogP contribution in [0, 0.1) is 0 Å². The van der Waals surface area contributed by atoms with Gasteiger partial charge in [-0.2, -0.15) is 0 Å². The molecule has 4 heteroatoms. The monoisotopic (exact) mass is 366 g/mol. The third kappa shape index (κ3) is 3.86. The summed E-state index contributed by atoms with van der Waals surface area (Å²) in [7, 11) is 0. The summed E-state index contributed by atoms with van der Waals surface area (Å²) in [5, 5.41) is -0.0997. The fourth-order valence-electron chi connectivity index (χ4n) is 1.98. The molecule has 0 radical (unpaired) electrons. The maximum Gasteiger partial charge on any atom is 0.211 e. The number of alkyl halides is 1. The molecule has 110 valence electrons. The molecule has 0 saturated carbocycles. The first-order valence-electron chi connectivity index (χ1n) is 6.57. The molecule has 0 aromatic heterocycles. The van der Waals surface area contributed by atoms with Crippen LogP contribution in [0.4, 0.5) is 0 Å². The van der Waals surface area contributed by atoms with Gasteiger partial charge in [0, 0.05) is 5.02 Å². The molecule has 0 fully saturated rings. The molecule has 0 amide bonds. The van der Waals surface area contributed by atoms with Gasteiger partial charge in [0.15, 0.2) is 5.78 Å². The molecule has 0 bridgehead atoms. The number of benzene rings is 2.